The topological polar surface area (TPSA) is 103 Å². The Balaban J connectivity index is 1.73. The van der Waals surface area contributed by atoms with E-state index in [0.717, 1.165) is 22.3 Å². The monoisotopic (exact) mass is 426 g/mol. The Morgan fingerprint density at radius 2 is 2.03 bits per heavy atom. The first-order valence-electron chi connectivity index (χ1n) is 9.61. The number of benzene rings is 2. The Bertz CT molecular complexity index is 965. The van der Waals surface area contributed by atoms with Crippen molar-refractivity contribution in [3.05, 3.63) is 69.7 Å². The number of halogens is 1. The van der Waals surface area contributed by atoms with E-state index in [0.29, 0.717) is 30.7 Å². The molecule has 6 nitrogen and oxygen atoms in total. The minimum atomic E-state index is -0.503. The van der Waals surface area contributed by atoms with Gasteiger partial charge in [-0.2, -0.15) is 0 Å². The van der Waals surface area contributed by atoms with Crippen molar-refractivity contribution in [2.45, 2.75) is 37.6 Å². The molecule has 30 heavy (non-hydrogen) atoms. The summed E-state index contributed by atoms with van der Waals surface area (Å²) in [7, 11) is 0. The van der Waals surface area contributed by atoms with Crippen LogP contribution in [-0.4, -0.2) is 41.3 Å². The molecule has 2 aromatic carbocycles. The number of carbonyl (C=O) groups excluding carboxylic acids is 1. The van der Waals surface area contributed by atoms with E-state index in [1.165, 1.54) is 0 Å². The van der Waals surface area contributed by atoms with E-state index in [2.05, 4.69) is 17.2 Å². The van der Waals surface area contributed by atoms with Crippen LogP contribution in [0.3, 0.4) is 0 Å². The number of amidine groups is 1. The fraction of sp³-hybridized carbons (Fsp3) is 0.304. The Labute approximate surface area is 180 Å². The van der Waals surface area contributed by atoms with Crippen LogP contribution in [0.5, 0.6) is 0 Å². The Hall–Kier alpha value is -2.69. The zero-order valence-electron chi connectivity index (χ0n) is 16.3. The van der Waals surface area contributed by atoms with Crippen LogP contribution in [0, 0.1) is 17.3 Å². The third-order valence-corrected chi connectivity index (χ3v) is 5.28. The van der Waals surface area contributed by atoms with Crippen molar-refractivity contribution < 1.29 is 19.7 Å². The third-order valence-electron chi connectivity index (χ3n) is 4.91. The van der Waals surface area contributed by atoms with Crippen LogP contribution < -0.4 is 5.32 Å². The molecule has 7 heteroatoms. The number of hydrogen-bond donors (Lipinski definition) is 4. The fourth-order valence-corrected chi connectivity index (χ4v) is 3.59. The van der Waals surface area contributed by atoms with Crippen LogP contribution in [0.15, 0.2) is 42.5 Å². The van der Waals surface area contributed by atoms with Gasteiger partial charge in [0.2, 0.25) is 6.41 Å². The summed E-state index contributed by atoms with van der Waals surface area (Å²) in [5.41, 5.74) is 3.64. The summed E-state index contributed by atoms with van der Waals surface area (Å²) in [6.07, 6.45) is 0.802. The minimum absolute atomic E-state index is 0.117. The molecule has 0 aromatic heterocycles. The lowest BCUT2D eigenvalue weighted by Crippen LogP contribution is -2.33. The molecule has 0 aliphatic carbocycles. The normalized spacial score (nSPS) is 20.7. The molecule has 0 unspecified atom stereocenters. The van der Waals surface area contributed by atoms with Gasteiger partial charge in [0.25, 0.3) is 0 Å². The summed E-state index contributed by atoms with van der Waals surface area (Å²) in [4.78, 5) is 10.3. The Morgan fingerprint density at radius 3 is 2.73 bits per heavy atom. The number of aliphatic hydroxyl groups excluding tert-OH is 2. The van der Waals surface area contributed by atoms with Gasteiger partial charge in [0.15, 0.2) is 5.84 Å². The zero-order valence-corrected chi connectivity index (χ0v) is 17.0. The molecule has 3 rings (SSSR count). The summed E-state index contributed by atoms with van der Waals surface area (Å²) in [5, 5.41) is 29.7. The van der Waals surface area contributed by atoms with Gasteiger partial charge in [-0.25, -0.2) is 0 Å². The van der Waals surface area contributed by atoms with Crippen molar-refractivity contribution >= 4 is 23.8 Å². The summed E-state index contributed by atoms with van der Waals surface area (Å²) in [6, 6.07) is 13.3. The number of rotatable bonds is 5. The maximum Gasteiger partial charge on any atom is 0.213 e. The highest BCUT2D eigenvalue weighted by Crippen LogP contribution is 2.33. The number of carbonyl (C=O) groups is 1. The Kier molecular flexibility index (Phi) is 7.61. The summed E-state index contributed by atoms with van der Waals surface area (Å²) in [5.74, 6) is 5.21. The molecule has 0 bridgehead atoms. The lowest BCUT2D eigenvalue weighted by molar-refractivity contribution is -0.113. The molecule has 4 N–H and O–H groups in total. The first-order valence-corrected chi connectivity index (χ1v) is 9.98. The molecule has 0 radical (unpaired) electrons. The van der Waals surface area contributed by atoms with Crippen molar-refractivity contribution in [3.8, 4) is 11.8 Å². The van der Waals surface area contributed by atoms with E-state index in [4.69, 9.17) is 21.7 Å². The SMILES string of the molecule is N=C(C#Cc1ccc(Cc2cc([C@H]3C[C@@H](O)C[C@@H](CO)O3)ccc2Cl)cc1)NC=O. The molecule has 0 saturated carbocycles. The quantitative estimate of drug-likeness (QED) is 0.255. The maximum absolute atomic E-state index is 10.3. The van der Waals surface area contributed by atoms with Gasteiger partial charge in [-0.05, 0) is 47.2 Å². The molecule has 0 spiro atoms. The molecule has 156 valence electrons. The first-order chi connectivity index (χ1) is 14.5. The molecule has 1 fully saturated rings. The molecule has 1 saturated heterocycles. The number of amides is 1. The largest absolute Gasteiger partial charge is 0.394 e. The highest BCUT2D eigenvalue weighted by Gasteiger charge is 2.29. The number of hydrogen-bond acceptors (Lipinski definition) is 5. The minimum Gasteiger partial charge on any atom is -0.394 e. The van der Waals surface area contributed by atoms with Crippen molar-refractivity contribution in [1.29, 1.82) is 5.41 Å². The van der Waals surface area contributed by atoms with Gasteiger partial charge >= 0.3 is 0 Å². The van der Waals surface area contributed by atoms with Crippen LogP contribution >= 0.6 is 11.6 Å². The highest BCUT2D eigenvalue weighted by atomic mass is 35.5. The summed E-state index contributed by atoms with van der Waals surface area (Å²) in [6.45, 7) is -0.117. The van der Waals surface area contributed by atoms with Crippen molar-refractivity contribution in [2.75, 3.05) is 6.61 Å². The van der Waals surface area contributed by atoms with Gasteiger partial charge in [-0.1, -0.05) is 41.8 Å². The lowest BCUT2D eigenvalue weighted by atomic mass is 9.94. The van der Waals surface area contributed by atoms with Crippen LogP contribution in [-0.2, 0) is 16.0 Å². The Morgan fingerprint density at radius 1 is 1.27 bits per heavy atom. The van der Waals surface area contributed by atoms with E-state index in [-0.39, 0.29) is 24.7 Å². The average Bonchev–Trinajstić information content (AvgIpc) is 2.74. The van der Waals surface area contributed by atoms with Crippen LogP contribution in [0.25, 0.3) is 0 Å². The number of ether oxygens (including phenoxy) is 1. The van der Waals surface area contributed by atoms with E-state index in [9.17, 15) is 15.0 Å². The fourth-order valence-electron chi connectivity index (χ4n) is 3.41. The van der Waals surface area contributed by atoms with Crippen molar-refractivity contribution in [1.82, 2.24) is 5.32 Å². The molecule has 3 atom stereocenters. The van der Waals surface area contributed by atoms with E-state index in [1.54, 1.807) is 0 Å². The summed E-state index contributed by atoms with van der Waals surface area (Å²) < 4.78 is 5.90. The van der Waals surface area contributed by atoms with Crippen LogP contribution in [0.4, 0.5) is 0 Å². The zero-order chi connectivity index (χ0) is 21.5. The molecule has 1 amide bonds. The average molecular weight is 427 g/mol. The smallest absolute Gasteiger partial charge is 0.213 e. The van der Waals surface area contributed by atoms with Crippen molar-refractivity contribution in [3.63, 3.8) is 0 Å². The molecule has 1 aliphatic rings. The van der Waals surface area contributed by atoms with E-state index in [1.807, 2.05) is 42.5 Å². The van der Waals surface area contributed by atoms with Gasteiger partial charge in [0, 0.05) is 23.4 Å². The molecule has 2 aromatic rings. The van der Waals surface area contributed by atoms with Gasteiger partial charge in [0.1, 0.15) is 0 Å². The second-order valence-corrected chi connectivity index (χ2v) is 7.57. The standard InChI is InChI=1S/C23H23ClN2O4/c24-21-7-6-17(22-12-19(29)11-20(13-27)30-22)10-18(21)9-16-3-1-15(2-4-16)5-8-23(25)26-14-28/h1-4,6-7,10,14,19-20,22,27,29H,9,11-13H2,(H2,25,26,28)/t19-,20-,22+/m0/s1. The van der Waals surface area contributed by atoms with Crippen LogP contribution in [0.2, 0.25) is 5.02 Å². The van der Waals surface area contributed by atoms with Crippen molar-refractivity contribution in [2.24, 2.45) is 0 Å². The number of aliphatic hydroxyl groups is 2. The summed E-state index contributed by atoms with van der Waals surface area (Å²) >= 11 is 6.40. The lowest BCUT2D eigenvalue weighted by Gasteiger charge is -2.32. The van der Waals surface area contributed by atoms with Crippen LogP contribution in [0.1, 0.15) is 41.2 Å². The molecular weight excluding hydrogens is 404 g/mol. The van der Waals surface area contributed by atoms with E-state index < -0.39 is 6.10 Å². The van der Waals surface area contributed by atoms with Gasteiger partial charge in [-0.15, -0.1) is 0 Å². The second kappa shape index (κ2) is 10.4. The predicted molar refractivity (Wildman–Crippen MR) is 114 cm³/mol. The predicted octanol–water partition coefficient (Wildman–Crippen LogP) is 2.58. The van der Waals surface area contributed by atoms with Gasteiger partial charge < -0.3 is 20.3 Å². The molecule has 1 aliphatic heterocycles. The maximum atomic E-state index is 10.3. The second-order valence-electron chi connectivity index (χ2n) is 7.17. The molecular formula is C23H23ClN2O4. The van der Waals surface area contributed by atoms with E-state index >= 15 is 0 Å². The first kappa shape index (κ1) is 22.0. The van der Waals surface area contributed by atoms with Gasteiger partial charge in [0.05, 0.1) is 24.9 Å². The molecule has 1 heterocycles. The third kappa shape index (κ3) is 5.91. The number of nitrogens with one attached hydrogen (secondary N) is 2. The van der Waals surface area contributed by atoms with Gasteiger partial charge in [-0.3, -0.25) is 10.2 Å². The highest BCUT2D eigenvalue weighted by molar-refractivity contribution is 6.31.